The zero-order valence-electron chi connectivity index (χ0n) is 17.1. The number of aromatic nitrogens is 2. The van der Waals surface area contributed by atoms with E-state index in [1.165, 1.54) is 6.20 Å². The first-order chi connectivity index (χ1) is 14.5. The molecule has 6 atom stereocenters. The summed E-state index contributed by atoms with van der Waals surface area (Å²) in [5.41, 5.74) is -0.959. The molecular formula is C20H29FN2O7. The normalized spacial score (nSPS) is 34.9. The molecule has 1 aromatic rings. The van der Waals surface area contributed by atoms with Crippen LogP contribution in [0, 0.1) is 6.92 Å². The molecule has 0 bridgehead atoms. The highest BCUT2D eigenvalue weighted by molar-refractivity contribution is 5.03. The van der Waals surface area contributed by atoms with E-state index in [9.17, 15) is 9.59 Å². The van der Waals surface area contributed by atoms with Gasteiger partial charge >= 0.3 is 5.69 Å². The van der Waals surface area contributed by atoms with Gasteiger partial charge in [0.25, 0.3) is 5.56 Å². The third kappa shape index (κ3) is 4.83. The molecule has 168 valence electrons. The summed E-state index contributed by atoms with van der Waals surface area (Å²) in [6.07, 6.45) is 1.16. The van der Waals surface area contributed by atoms with Crippen molar-refractivity contribution in [2.24, 2.45) is 0 Å². The topological polar surface area (TPSA) is 101 Å². The average molecular weight is 428 g/mol. The molecule has 4 rings (SSSR count). The van der Waals surface area contributed by atoms with Gasteiger partial charge in [0.15, 0.2) is 25.0 Å². The molecular weight excluding hydrogens is 399 g/mol. The Hall–Kier alpha value is -1.59. The quantitative estimate of drug-likeness (QED) is 0.733. The molecule has 3 fully saturated rings. The van der Waals surface area contributed by atoms with Crippen LogP contribution in [0.5, 0.6) is 0 Å². The van der Waals surface area contributed by atoms with Gasteiger partial charge in [-0.05, 0) is 45.4 Å². The number of nitrogens with zero attached hydrogens (tertiary/aromatic N) is 1. The number of hydrogen-bond donors (Lipinski definition) is 1. The van der Waals surface area contributed by atoms with Gasteiger partial charge in [0, 0.05) is 25.0 Å². The van der Waals surface area contributed by atoms with E-state index in [2.05, 4.69) is 4.98 Å². The fourth-order valence-corrected chi connectivity index (χ4v) is 4.03. The van der Waals surface area contributed by atoms with Crippen molar-refractivity contribution in [1.82, 2.24) is 9.55 Å². The summed E-state index contributed by atoms with van der Waals surface area (Å²) in [5, 5.41) is 0. The van der Waals surface area contributed by atoms with Crippen LogP contribution in [-0.4, -0.2) is 60.3 Å². The predicted molar refractivity (Wildman–Crippen MR) is 103 cm³/mol. The van der Waals surface area contributed by atoms with E-state index in [4.69, 9.17) is 23.7 Å². The number of aryl methyl sites for hydroxylation is 1. The van der Waals surface area contributed by atoms with E-state index in [-0.39, 0.29) is 18.5 Å². The summed E-state index contributed by atoms with van der Waals surface area (Å²) in [5.74, 6) is 0. The van der Waals surface area contributed by atoms with Crippen LogP contribution in [0.4, 0.5) is 4.39 Å². The molecule has 2 unspecified atom stereocenters. The minimum Gasteiger partial charge on any atom is -0.353 e. The van der Waals surface area contributed by atoms with E-state index in [1.54, 1.807) is 6.92 Å². The van der Waals surface area contributed by atoms with Gasteiger partial charge in [0.1, 0.15) is 12.2 Å². The molecule has 0 aliphatic carbocycles. The largest absolute Gasteiger partial charge is 0.353 e. The van der Waals surface area contributed by atoms with Crippen molar-refractivity contribution < 1.29 is 28.1 Å². The smallest absolute Gasteiger partial charge is 0.330 e. The lowest BCUT2D eigenvalue weighted by Gasteiger charge is -2.29. The number of rotatable bonds is 6. The molecule has 30 heavy (non-hydrogen) atoms. The lowest BCUT2D eigenvalue weighted by molar-refractivity contribution is -0.220. The van der Waals surface area contributed by atoms with E-state index >= 15 is 4.39 Å². The van der Waals surface area contributed by atoms with Crippen molar-refractivity contribution in [2.45, 2.75) is 82.6 Å². The number of aromatic amines is 1. The standard InChI is InChI=1S/C20H29FN2O7/c1-12-10-23(20(25)22-18(12)24)19-16(21)17(30-15-7-3-5-9-27-15)13(29-19)11-28-14-6-2-4-8-26-14/h10,13-17,19H,2-9,11H2,1H3,(H,22,24,25)/t13-,14?,15?,16-,17-,19-/m1/s1. The highest BCUT2D eigenvalue weighted by Gasteiger charge is 2.49. The van der Waals surface area contributed by atoms with Gasteiger partial charge in [-0.15, -0.1) is 0 Å². The number of alkyl halides is 1. The summed E-state index contributed by atoms with van der Waals surface area (Å²) in [4.78, 5) is 26.1. The van der Waals surface area contributed by atoms with Crippen molar-refractivity contribution >= 4 is 0 Å². The number of hydrogen-bond acceptors (Lipinski definition) is 7. The lowest BCUT2D eigenvalue weighted by Crippen LogP contribution is -2.41. The summed E-state index contributed by atoms with van der Waals surface area (Å²) < 4.78 is 45.4. The van der Waals surface area contributed by atoms with Crippen LogP contribution in [0.25, 0.3) is 0 Å². The molecule has 1 N–H and O–H groups in total. The number of H-pyrrole nitrogens is 1. The van der Waals surface area contributed by atoms with Crippen LogP contribution in [-0.2, 0) is 23.7 Å². The number of ether oxygens (including phenoxy) is 5. The molecule has 3 aliphatic rings. The first-order valence-electron chi connectivity index (χ1n) is 10.6. The van der Waals surface area contributed by atoms with Gasteiger partial charge in [-0.2, -0.15) is 0 Å². The lowest BCUT2D eigenvalue weighted by atomic mass is 10.1. The van der Waals surface area contributed by atoms with Crippen molar-refractivity contribution in [3.8, 4) is 0 Å². The molecule has 0 aromatic carbocycles. The van der Waals surface area contributed by atoms with Crippen molar-refractivity contribution in [1.29, 1.82) is 0 Å². The molecule has 3 aliphatic heterocycles. The van der Waals surface area contributed by atoms with Crippen molar-refractivity contribution in [3.05, 3.63) is 32.6 Å². The van der Waals surface area contributed by atoms with Crippen LogP contribution >= 0.6 is 0 Å². The maximum absolute atomic E-state index is 15.5. The van der Waals surface area contributed by atoms with Crippen LogP contribution in [0.3, 0.4) is 0 Å². The zero-order chi connectivity index (χ0) is 21.1. The second kappa shape index (κ2) is 9.69. The first kappa shape index (κ1) is 21.6. The summed E-state index contributed by atoms with van der Waals surface area (Å²) in [6, 6.07) is 0. The minimum atomic E-state index is -1.64. The third-order valence-corrected chi connectivity index (χ3v) is 5.72. The fraction of sp³-hybridized carbons (Fsp3) is 0.800. The molecule has 9 nitrogen and oxygen atoms in total. The maximum atomic E-state index is 15.5. The number of halogens is 1. The first-order valence-corrected chi connectivity index (χ1v) is 10.6. The molecule has 0 amide bonds. The van der Waals surface area contributed by atoms with Crippen molar-refractivity contribution in [2.75, 3.05) is 19.8 Å². The van der Waals surface area contributed by atoms with Gasteiger partial charge in [0.2, 0.25) is 0 Å². The van der Waals surface area contributed by atoms with Gasteiger partial charge in [-0.1, -0.05) is 0 Å². The van der Waals surface area contributed by atoms with Crippen LogP contribution in [0.2, 0.25) is 0 Å². The van der Waals surface area contributed by atoms with E-state index in [1.807, 2.05) is 0 Å². The molecule has 4 heterocycles. The average Bonchev–Trinajstić information content (AvgIpc) is 3.06. The maximum Gasteiger partial charge on any atom is 0.330 e. The molecule has 1 aromatic heterocycles. The SMILES string of the molecule is Cc1cn([C@@H]2O[C@H](COC3CCCCO3)[C@@H](OC3CCCCO3)[C@H]2F)c(=O)[nH]c1=O. The highest BCUT2D eigenvalue weighted by Crippen LogP contribution is 2.35. The Labute approximate surface area is 173 Å². The Kier molecular flexibility index (Phi) is 6.99. The minimum absolute atomic E-state index is 0.0655. The fourth-order valence-electron chi connectivity index (χ4n) is 4.03. The summed E-state index contributed by atoms with van der Waals surface area (Å²) in [7, 11) is 0. The second-order valence-corrected chi connectivity index (χ2v) is 8.01. The van der Waals surface area contributed by atoms with Crippen molar-refractivity contribution in [3.63, 3.8) is 0 Å². The molecule has 0 saturated carbocycles. The Balaban J connectivity index is 1.51. The predicted octanol–water partition coefficient (Wildman–Crippen LogP) is 1.54. The summed E-state index contributed by atoms with van der Waals surface area (Å²) in [6.45, 7) is 2.80. The van der Waals surface area contributed by atoms with Crippen LogP contribution in [0.1, 0.15) is 50.3 Å². The van der Waals surface area contributed by atoms with Crippen LogP contribution < -0.4 is 11.2 Å². The van der Waals surface area contributed by atoms with Crippen LogP contribution in [0.15, 0.2) is 15.8 Å². The molecule has 0 spiro atoms. The third-order valence-electron chi connectivity index (χ3n) is 5.72. The van der Waals surface area contributed by atoms with Gasteiger partial charge in [0.05, 0.1) is 6.61 Å². The van der Waals surface area contributed by atoms with Gasteiger partial charge in [-0.25, -0.2) is 9.18 Å². The Bertz CT molecular complexity index is 816. The Morgan fingerprint density at radius 3 is 2.50 bits per heavy atom. The second-order valence-electron chi connectivity index (χ2n) is 8.01. The zero-order valence-corrected chi connectivity index (χ0v) is 17.1. The summed E-state index contributed by atoms with van der Waals surface area (Å²) >= 11 is 0. The Morgan fingerprint density at radius 2 is 1.83 bits per heavy atom. The molecule has 10 heteroatoms. The number of nitrogens with one attached hydrogen (secondary N) is 1. The Morgan fingerprint density at radius 1 is 1.13 bits per heavy atom. The molecule has 0 radical (unpaired) electrons. The molecule has 3 saturated heterocycles. The van der Waals surface area contributed by atoms with E-state index in [0.717, 1.165) is 36.7 Å². The van der Waals surface area contributed by atoms with E-state index in [0.29, 0.717) is 19.6 Å². The highest BCUT2D eigenvalue weighted by atomic mass is 19.1. The van der Waals surface area contributed by atoms with E-state index < -0.39 is 42.1 Å². The van der Waals surface area contributed by atoms with Gasteiger partial charge in [-0.3, -0.25) is 14.3 Å². The van der Waals surface area contributed by atoms with Gasteiger partial charge < -0.3 is 23.7 Å². The monoisotopic (exact) mass is 428 g/mol.